The van der Waals surface area contributed by atoms with E-state index in [-0.39, 0.29) is 16.9 Å². The van der Waals surface area contributed by atoms with E-state index in [1.54, 1.807) is 24.3 Å². The first-order valence-corrected chi connectivity index (χ1v) is 9.78. The lowest BCUT2D eigenvalue weighted by Gasteiger charge is -2.13. The minimum atomic E-state index is -4.57. The molecule has 0 aliphatic heterocycles. The summed E-state index contributed by atoms with van der Waals surface area (Å²) in [5.74, 6) is -0.0852. The van der Waals surface area contributed by atoms with E-state index < -0.39 is 23.9 Å². The average Bonchev–Trinajstić information content (AvgIpc) is 3.13. The van der Waals surface area contributed by atoms with Crippen LogP contribution >= 0.6 is 0 Å². The monoisotopic (exact) mass is 460 g/mol. The number of hydrogen-bond donors (Lipinski definition) is 1. The van der Waals surface area contributed by atoms with Gasteiger partial charge < -0.3 is 10.1 Å². The highest BCUT2D eigenvalue weighted by molar-refractivity contribution is 6.05. The topological polar surface area (TPSA) is 43.3 Å². The predicted octanol–water partition coefficient (Wildman–Crippen LogP) is 7.40. The Morgan fingerprint density at radius 2 is 1.48 bits per heavy atom. The number of hydrogen-bond acceptors (Lipinski definition) is 2. The molecule has 0 spiro atoms. The lowest BCUT2D eigenvalue weighted by atomic mass is 9.99. The lowest BCUT2D eigenvalue weighted by Crippen LogP contribution is -2.19. The third-order valence-corrected chi connectivity index (χ3v) is 4.86. The molecule has 4 rings (SSSR count). The second-order valence-electron chi connectivity index (χ2n) is 7.34. The van der Waals surface area contributed by atoms with E-state index in [0.29, 0.717) is 23.5 Å². The van der Waals surface area contributed by atoms with Crippen molar-refractivity contribution in [2.45, 2.75) is 19.2 Å². The number of fused-ring (bicyclic) bond motifs is 1. The Morgan fingerprint density at radius 1 is 0.848 bits per heavy atom. The molecule has 0 fully saturated rings. The summed E-state index contributed by atoms with van der Waals surface area (Å²) < 4.78 is 72.3. The first kappa shape index (κ1) is 22.3. The first-order valence-electron chi connectivity index (χ1n) is 9.78. The van der Waals surface area contributed by atoms with Gasteiger partial charge in [-0.2, -0.15) is 22.0 Å². The van der Waals surface area contributed by atoms with Crippen molar-refractivity contribution in [3.8, 4) is 16.9 Å². The number of nitrogens with one attached hydrogen (secondary N) is 1. The van der Waals surface area contributed by atoms with Gasteiger partial charge in [-0.3, -0.25) is 4.57 Å². The molecule has 1 heterocycles. The Bertz CT molecular complexity index is 1310. The molecule has 0 aliphatic rings. The fourth-order valence-electron chi connectivity index (χ4n) is 3.52. The molecule has 170 valence electrons. The Balaban J connectivity index is 1.70. The summed E-state index contributed by atoms with van der Waals surface area (Å²) in [5.41, 5.74) is 0.100. The second kappa shape index (κ2) is 8.23. The van der Waals surface area contributed by atoms with Crippen molar-refractivity contribution in [3.63, 3.8) is 0 Å². The first-order chi connectivity index (χ1) is 15.5. The van der Waals surface area contributed by atoms with Gasteiger partial charge in [0, 0.05) is 29.8 Å². The minimum Gasteiger partial charge on any atom is -0.433 e. The van der Waals surface area contributed by atoms with E-state index in [2.05, 4.69) is 10.1 Å². The molecular formula is C24H17F5N2O2. The highest BCUT2D eigenvalue weighted by Crippen LogP contribution is 2.40. The fourth-order valence-corrected chi connectivity index (χ4v) is 3.52. The number of aromatic nitrogens is 1. The summed E-state index contributed by atoms with van der Waals surface area (Å²) in [7, 11) is 0. The van der Waals surface area contributed by atoms with Crippen LogP contribution in [0.4, 0.5) is 32.4 Å². The van der Waals surface area contributed by atoms with E-state index in [0.717, 1.165) is 6.07 Å². The van der Waals surface area contributed by atoms with Crippen LogP contribution in [0.25, 0.3) is 22.0 Å². The number of nitrogens with zero attached hydrogens (tertiary/aromatic N) is 1. The number of carbonyl (C=O) groups is 1. The molecule has 9 heteroatoms. The molecule has 0 unspecified atom stereocenters. The molecule has 4 aromatic rings. The van der Waals surface area contributed by atoms with Crippen molar-refractivity contribution in [1.29, 1.82) is 0 Å². The molecule has 4 nitrogen and oxygen atoms in total. The van der Waals surface area contributed by atoms with Crippen LogP contribution in [0.5, 0.6) is 5.75 Å². The van der Waals surface area contributed by atoms with Gasteiger partial charge in [-0.25, -0.2) is 4.79 Å². The number of halogens is 5. The van der Waals surface area contributed by atoms with Gasteiger partial charge >= 0.3 is 18.3 Å². The zero-order valence-corrected chi connectivity index (χ0v) is 17.2. The summed E-state index contributed by atoms with van der Waals surface area (Å²) in [6, 6.07) is 16.4. The summed E-state index contributed by atoms with van der Waals surface area (Å²) in [5, 5.41) is 3.08. The van der Waals surface area contributed by atoms with Gasteiger partial charge in [0.25, 0.3) is 0 Å². The number of rotatable bonds is 4. The fraction of sp³-hybridized carbons (Fsp3) is 0.125. The maximum atomic E-state index is 13.6. The Morgan fingerprint density at radius 3 is 2.15 bits per heavy atom. The number of alkyl halides is 5. The third kappa shape index (κ3) is 4.82. The van der Waals surface area contributed by atoms with E-state index in [9.17, 15) is 26.7 Å². The van der Waals surface area contributed by atoms with Gasteiger partial charge in [0.15, 0.2) is 0 Å². The molecule has 1 amide bonds. The summed E-state index contributed by atoms with van der Waals surface area (Å²) in [4.78, 5) is 12.9. The number of benzene rings is 3. The van der Waals surface area contributed by atoms with Gasteiger partial charge in [-0.05, 0) is 42.0 Å². The Hall–Kier alpha value is -3.88. The quantitative estimate of drug-likeness (QED) is 0.323. The van der Waals surface area contributed by atoms with Crippen molar-refractivity contribution in [2.75, 3.05) is 5.32 Å². The molecule has 0 saturated heterocycles. The van der Waals surface area contributed by atoms with Crippen LogP contribution in [0.2, 0.25) is 0 Å². The van der Waals surface area contributed by atoms with Gasteiger partial charge in [0.2, 0.25) is 0 Å². The average molecular weight is 460 g/mol. The van der Waals surface area contributed by atoms with Gasteiger partial charge in [-0.1, -0.05) is 36.4 Å². The van der Waals surface area contributed by atoms with Crippen LogP contribution in [-0.4, -0.2) is 16.7 Å². The summed E-state index contributed by atoms with van der Waals surface area (Å²) in [6.45, 7) is 0.606. The maximum absolute atomic E-state index is 13.6. The Kier molecular flexibility index (Phi) is 5.57. The molecule has 3 aromatic carbocycles. The van der Waals surface area contributed by atoms with Crippen molar-refractivity contribution in [3.05, 3.63) is 84.6 Å². The van der Waals surface area contributed by atoms with E-state index in [4.69, 9.17) is 0 Å². The highest BCUT2D eigenvalue weighted by Gasteiger charge is 2.34. The van der Waals surface area contributed by atoms with Crippen LogP contribution in [0.1, 0.15) is 12.5 Å². The largest absolute Gasteiger partial charge is 0.433 e. The van der Waals surface area contributed by atoms with Crippen LogP contribution in [0, 0.1) is 0 Å². The molecule has 0 atom stereocenters. The molecule has 0 bridgehead atoms. The molecule has 1 N–H and O–H groups in total. The van der Waals surface area contributed by atoms with Crippen molar-refractivity contribution in [2.24, 2.45) is 0 Å². The smallest absolute Gasteiger partial charge is 0.417 e. The van der Waals surface area contributed by atoms with Crippen LogP contribution in [0.3, 0.4) is 0 Å². The second-order valence-corrected chi connectivity index (χ2v) is 7.34. The standard InChI is InChI=1S/C24H17F5N2O2/c1-23(25,26)33-16-12-10-15(11-13-16)30-22(32)31-14-19(18-7-3-5-9-21(18)31)17-6-2-4-8-20(17)24(27,28)29/h2-14H,1H3,(H,30,32). The summed E-state index contributed by atoms with van der Waals surface area (Å²) in [6.07, 6.45) is -6.57. The minimum absolute atomic E-state index is 0.0465. The highest BCUT2D eigenvalue weighted by atomic mass is 19.4. The molecular weight excluding hydrogens is 443 g/mol. The molecule has 0 aliphatic carbocycles. The molecule has 1 aromatic heterocycles. The van der Waals surface area contributed by atoms with Gasteiger partial charge in [0.1, 0.15) is 5.75 Å². The van der Waals surface area contributed by atoms with Gasteiger partial charge in [-0.15, -0.1) is 0 Å². The van der Waals surface area contributed by atoms with Crippen molar-refractivity contribution < 1.29 is 31.5 Å². The molecule has 33 heavy (non-hydrogen) atoms. The number of amides is 1. The van der Waals surface area contributed by atoms with Crippen molar-refractivity contribution >= 4 is 22.6 Å². The Labute approximate surface area is 185 Å². The molecule has 0 radical (unpaired) electrons. The van der Waals surface area contributed by atoms with E-state index in [1.807, 2.05) is 0 Å². The number of para-hydroxylation sites is 1. The third-order valence-electron chi connectivity index (χ3n) is 4.86. The SMILES string of the molecule is CC(F)(F)Oc1ccc(NC(=O)n2cc(-c3ccccc3C(F)(F)F)c3ccccc32)cc1. The normalized spacial score (nSPS) is 12.1. The van der Waals surface area contributed by atoms with Crippen LogP contribution in [-0.2, 0) is 6.18 Å². The van der Waals surface area contributed by atoms with E-state index in [1.165, 1.54) is 53.2 Å². The zero-order valence-electron chi connectivity index (χ0n) is 17.2. The van der Waals surface area contributed by atoms with Crippen molar-refractivity contribution in [1.82, 2.24) is 4.57 Å². The van der Waals surface area contributed by atoms with Crippen LogP contribution in [0.15, 0.2) is 79.0 Å². The van der Waals surface area contributed by atoms with Gasteiger partial charge in [0.05, 0.1) is 11.1 Å². The summed E-state index contributed by atoms with van der Waals surface area (Å²) >= 11 is 0. The number of carbonyl (C=O) groups excluding carboxylic acids is 1. The zero-order chi connectivity index (χ0) is 23.8. The number of ether oxygens (including phenoxy) is 1. The molecule has 0 saturated carbocycles. The van der Waals surface area contributed by atoms with Crippen LogP contribution < -0.4 is 10.1 Å². The predicted molar refractivity (Wildman–Crippen MR) is 114 cm³/mol. The maximum Gasteiger partial charge on any atom is 0.417 e. The van der Waals surface area contributed by atoms with E-state index >= 15 is 0 Å². The lowest BCUT2D eigenvalue weighted by molar-refractivity contribution is -0.159. The number of anilines is 1.